The van der Waals surface area contributed by atoms with Crippen molar-refractivity contribution in [2.24, 2.45) is 5.92 Å². The lowest BCUT2D eigenvalue weighted by Gasteiger charge is -2.52. The molecule has 32 heavy (non-hydrogen) atoms. The maximum absolute atomic E-state index is 13.5. The highest BCUT2D eigenvalue weighted by Gasteiger charge is 2.51. The van der Waals surface area contributed by atoms with Crippen LogP contribution < -0.4 is 10.6 Å². The Morgan fingerprint density at radius 1 is 1.09 bits per heavy atom. The minimum Gasteiger partial charge on any atom is -0.340 e. The van der Waals surface area contributed by atoms with Crippen LogP contribution in [0.15, 0.2) is 30.3 Å². The molecule has 4 rings (SSSR count). The Kier molecular flexibility index (Phi) is 6.43. The van der Waals surface area contributed by atoms with Crippen LogP contribution in [0.25, 0.3) is 0 Å². The number of piperazine rings is 1. The predicted molar refractivity (Wildman–Crippen MR) is 117 cm³/mol. The van der Waals surface area contributed by atoms with Gasteiger partial charge in [0.2, 0.25) is 17.7 Å². The molecule has 3 aliphatic heterocycles. The average Bonchev–Trinajstić information content (AvgIpc) is 2.80. The Morgan fingerprint density at radius 3 is 2.44 bits per heavy atom. The number of benzene rings is 1. The number of anilines is 1. The zero-order valence-electron chi connectivity index (χ0n) is 18.5. The fourth-order valence-electron chi connectivity index (χ4n) is 4.95. The fourth-order valence-corrected chi connectivity index (χ4v) is 4.95. The summed E-state index contributed by atoms with van der Waals surface area (Å²) < 4.78 is 0. The van der Waals surface area contributed by atoms with E-state index in [2.05, 4.69) is 15.5 Å². The second kappa shape index (κ2) is 9.25. The summed E-state index contributed by atoms with van der Waals surface area (Å²) in [6.45, 7) is 4.56. The SMILES string of the molecule is CC(=O)N1CCN(C2CCNC3C2C(=O)N(CC(=O)Nc2ccccc2)C(=O)N3C)CC1. The van der Waals surface area contributed by atoms with Crippen LogP contribution in [0, 0.1) is 5.92 Å². The lowest BCUT2D eigenvalue weighted by molar-refractivity contribution is -0.148. The van der Waals surface area contributed by atoms with Gasteiger partial charge < -0.3 is 15.1 Å². The molecule has 3 fully saturated rings. The first-order chi connectivity index (χ1) is 15.4. The van der Waals surface area contributed by atoms with Crippen molar-refractivity contribution in [3.8, 4) is 0 Å². The van der Waals surface area contributed by atoms with E-state index in [9.17, 15) is 19.2 Å². The van der Waals surface area contributed by atoms with E-state index in [1.165, 1.54) is 4.90 Å². The second-order valence-electron chi connectivity index (χ2n) is 8.55. The molecule has 3 aliphatic rings. The van der Waals surface area contributed by atoms with Crippen LogP contribution in [-0.4, -0.2) is 102 Å². The molecule has 0 bridgehead atoms. The number of imide groups is 1. The summed E-state index contributed by atoms with van der Waals surface area (Å²) in [7, 11) is 1.66. The van der Waals surface area contributed by atoms with E-state index in [1.54, 1.807) is 38.2 Å². The number of amides is 5. The molecule has 0 saturated carbocycles. The lowest BCUT2D eigenvalue weighted by atomic mass is 9.85. The summed E-state index contributed by atoms with van der Waals surface area (Å²) in [5, 5.41) is 6.05. The number of para-hydroxylation sites is 1. The quantitative estimate of drug-likeness (QED) is 0.680. The normalized spacial score (nSPS) is 26.7. The molecular weight excluding hydrogens is 412 g/mol. The highest BCUT2D eigenvalue weighted by atomic mass is 16.2. The van der Waals surface area contributed by atoms with Crippen LogP contribution in [0.1, 0.15) is 13.3 Å². The minimum absolute atomic E-state index is 0.0573. The number of carbonyl (C=O) groups excluding carboxylic acids is 4. The molecule has 10 heteroatoms. The van der Waals surface area contributed by atoms with Gasteiger partial charge in [-0.15, -0.1) is 0 Å². The highest BCUT2D eigenvalue weighted by Crippen LogP contribution is 2.31. The molecule has 3 atom stereocenters. The third-order valence-electron chi connectivity index (χ3n) is 6.64. The fraction of sp³-hybridized carbons (Fsp3) is 0.545. The van der Waals surface area contributed by atoms with Crippen molar-refractivity contribution in [3.63, 3.8) is 0 Å². The third kappa shape index (κ3) is 4.33. The number of nitrogens with one attached hydrogen (secondary N) is 2. The number of piperidine rings is 1. The molecule has 0 aromatic heterocycles. The molecule has 3 heterocycles. The van der Waals surface area contributed by atoms with E-state index in [0.29, 0.717) is 38.4 Å². The lowest BCUT2D eigenvalue weighted by Crippen LogP contribution is -2.72. The summed E-state index contributed by atoms with van der Waals surface area (Å²) in [6.07, 6.45) is 0.354. The van der Waals surface area contributed by atoms with Crippen LogP contribution >= 0.6 is 0 Å². The van der Waals surface area contributed by atoms with Gasteiger partial charge in [-0.2, -0.15) is 0 Å². The summed E-state index contributed by atoms with van der Waals surface area (Å²) >= 11 is 0. The number of nitrogens with zero attached hydrogens (tertiary/aromatic N) is 4. The summed E-state index contributed by atoms with van der Waals surface area (Å²) in [5.74, 6) is -1.16. The maximum atomic E-state index is 13.5. The second-order valence-corrected chi connectivity index (χ2v) is 8.55. The maximum Gasteiger partial charge on any atom is 0.328 e. The first-order valence-electron chi connectivity index (χ1n) is 11.0. The molecule has 1 aromatic carbocycles. The molecule has 3 unspecified atom stereocenters. The van der Waals surface area contributed by atoms with Gasteiger partial charge in [0.05, 0.1) is 12.1 Å². The van der Waals surface area contributed by atoms with E-state index in [0.717, 1.165) is 11.3 Å². The van der Waals surface area contributed by atoms with Crippen molar-refractivity contribution in [3.05, 3.63) is 30.3 Å². The van der Waals surface area contributed by atoms with Crippen molar-refractivity contribution >= 4 is 29.4 Å². The first-order valence-corrected chi connectivity index (χ1v) is 11.0. The number of urea groups is 1. The van der Waals surface area contributed by atoms with Crippen LogP contribution in [-0.2, 0) is 14.4 Å². The van der Waals surface area contributed by atoms with Crippen molar-refractivity contribution in [1.82, 2.24) is 24.9 Å². The minimum atomic E-state index is -0.478. The Bertz CT molecular complexity index is 886. The van der Waals surface area contributed by atoms with Crippen LogP contribution in [0.4, 0.5) is 10.5 Å². The zero-order chi connectivity index (χ0) is 22.8. The topological polar surface area (TPSA) is 105 Å². The Balaban J connectivity index is 1.49. The van der Waals surface area contributed by atoms with Crippen molar-refractivity contribution in [2.75, 3.05) is 51.6 Å². The molecule has 0 spiro atoms. The summed E-state index contributed by atoms with van der Waals surface area (Å²) in [6, 6.07) is 8.41. The van der Waals surface area contributed by atoms with Gasteiger partial charge in [-0.1, -0.05) is 18.2 Å². The van der Waals surface area contributed by atoms with E-state index >= 15 is 0 Å². The van der Waals surface area contributed by atoms with Gasteiger partial charge >= 0.3 is 6.03 Å². The molecule has 10 nitrogen and oxygen atoms in total. The highest BCUT2D eigenvalue weighted by molar-refractivity contribution is 6.04. The molecular formula is C22H30N6O4. The van der Waals surface area contributed by atoms with E-state index < -0.39 is 24.0 Å². The molecule has 5 amide bonds. The predicted octanol–water partition coefficient (Wildman–Crippen LogP) is -0.0126. The molecule has 0 radical (unpaired) electrons. The standard InChI is InChI=1S/C22H30N6O4/c1-15(29)26-10-12-27(13-11-26)17-8-9-23-20-19(17)21(31)28(22(32)25(20)2)14-18(30)24-16-6-4-3-5-7-16/h3-7,17,19-20,23H,8-14H2,1-2H3,(H,24,30). The number of rotatable bonds is 4. The van der Waals surface area contributed by atoms with E-state index in [-0.39, 0.29) is 24.4 Å². The van der Waals surface area contributed by atoms with Gasteiger partial charge in [0.15, 0.2) is 0 Å². The Morgan fingerprint density at radius 2 is 1.78 bits per heavy atom. The average molecular weight is 443 g/mol. The summed E-state index contributed by atoms with van der Waals surface area (Å²) in [5.41, 5.74) is 0.612. The summed E-state index contributed by atoms with van der Waals surface area (Å²) in [4.78, 5) is 57.3. The molecule has 2 N–H and O–H groups in total. The van der Waals surface area contributed by atoms with Crippen molar-refractivity contribution in [2.45, 2.75) is 25.6 Å². The van der Waals surface area contributed by atoms with Gasteiger partial charge in [0.1, 0.15) is 6.54 Å². The zero-order valence-corrected chi connectivity index (χ0v) is 18.5. The van der Waals surface area contributed by atoms with Gasteiger partial charge in [-0.3, -0.25) is 29.5 Å². The smallest absolute Gasteiger partial charge is 0.328 e. The molecule has 1 aromatic rings. The van der Waals surface area contributed by atoms with Gasteiger partial charge in [-0.25, -0.2) is 4.79 Å². The largest absolute Gasteiger partial charge is 0.340 e. The van der Waals surface area contributed by atoms with Crippen LogP contribution in [0.3, 0.4) is 0 Å². The monoisotopic (exact) mass is 442 g/mol. The first kappa shape index (κ1) is 22.2. The van der Waals surface area contributed by atoms with Gasteiger partial charge in [-0.05, 0) is 25.1 Å². The number of carbonyl (C=O) groups is 4. The van der Waals surface area contributed by atoms with E-state index in [4.69, 9.17) is 0 Å². The van der Waals surface area contributed by atoms with Crippen molar-refractivity contribution < 1.29 is 19.2 Å². The number of fused-ring (bicyclic) bond motifs is 1. The van der Waals surface area contributed by atoms with Crippen LogP contribution in [0.2, 0.25) is 0 Å². The van der Waals surface area contributed by atoms with E-state index in [1.807, 2.05) is 11.0 Å². The van der Waals surface area contributed by atoms with Crippen LogP contribution in [0.5, 0.6) is 0 Å². The van der Waals surface area contributed by atoms with Gasteiger partial charge in [0, 0.05) is 51.9 Å². The number of hydrogen-bond acceptors (Lipinski definition) is 6. The van der Waals surface area contributed by atoms with Crippen molar-refractivity contribution in [1.29, 1.82) is 0 Å². The molecule has 172 valence electrons. The number of hydrogen-bond donors (Lipinski definition) is 2. The Labute approximate surface area is 187 Å². The Hall–Kier alpha value is -2.98. The third-order valence-corrected chi connectivity index (χ3v) is 6.64. The molecule has 0 aliphatic carbocycles. The molecule has 3 saturated heterocycles. The van der Waals surface area contributed by atoms with Gasteiger partial charge in [0.25, 0.3) is 0 Å².